The molecule has 0 spiro atoms. The first kappa shape index (κ1) is 22.1. The normalized spacial score (nSPS) is 10.8. The van der Waals surface area contributed by atoms with Gasteiger partial charge in [-0.05, 0) is 25.5 Å². The zero-order valence-electron chi connectivity index (χ0n) is 15.2. The van der Waals surface area contributed by atoms with Gasteiger partial charge in [-0.25, -0.2) is 14.4 Å². The Kier molecular flexibility index (Phi) is 10.6. The molecule has 1 aromatic heterocycles. The maximum atomic E-state index is 13.7. The SMILES string of the molecule is CCCOc1ncccc1CN=C(NCC)NCc1ccccc1F.I. The van der Waals surface area contributed by atoms with Crippen molar-refractivity contribution in [1.82, 2.24) is 15.6 Å². The minimum Gasteiger partial charge on any atom is -0.477 e. The van der Waals surface area contributed by atoms with Gasteiger partial charge in [0.05, 0.1) is 13.2 Å². The summed E-state index contributed by atoms with van der Waals surface area (Å²) in [6.07, 6.45) is 2.63. The fourth-order valence-corrected chi connectivity index (χ4v) is 2.20. The van der Waals surface area contributed by atoms with E-state index in [0.29, 0.717) is 37.1 Å². The van der Waals surface area contributed by atoms with Crippen LogP contribution in [0.25, 0.3) is 0 Å². The van der Waals surface area contributed by atoms with Crippen LogP contribution in [0.4, 0.5) is 4.39 Å². The maximum absolute atomic E-state index is 13.7. The van der Waals surface area contributed by atoms with Crippen molar-refractivity contribution in [2.75, 3.05) is 13.2 Å². The average molecular weight is 472 g/mol. The van der Waals surface area contributed by atoms with E-state index in [1.165, 1.54) is 6.07 Å². The number of aliphatic imine (C=N–C) groups is 1. The second kappa shape index (κ2) is 12.5. The van der Waals surface area contributed by atoms with Gasteiger partial charge >= 0.3 is 0 Å². The first-order chi connectivity index (χ1) is 12.2. The number of nitrogens with one attached hydrogen (secondary N) is 2. The lowest BCUT2D eigenvalue weighted by Crippen LogP contribution is -2.37. The number of hydrogen-bond acceptors (Lipinski definition) is 3. The Hall–Kier alpha value is -1.90. The molecule has 0 bridgehead atoms. The number of nitrogens with zero attached hydrogens (tertiary/aromatic N) is 2. The van der Waals surface area contributed by atoms with Gasteiger partial charge in [0.1, 0.15) is 5.82 Å². The molecule has 0 unspecified atom stereocenters. The standard InChI is InChI=1S/C19H25FN4O.HI/c1-3-12-25-18-16(9-7-11-22-18)14-24-19(21-4-2)23-13-15-8-5-6-10-17(15)20;/h5-11H,3-4,12-14H2,1-2H3,(H2,21,23,24);1H. The van der Waals surface area contributed by atoms with Crippen molar-refractivity contribution in [3.63, 3.8) is 0 Å². The Balaban J connectivity index is 0.00000338. The van der Waals surface area contributed by atoms with Crippen molar-refractivity contribution < 1.29 is 9.13 Å². The Morgan fingerprint density at radius 3 is 2.62 bits per heavy atom. The summed E-state index contributed by atoms with van der Waals surface area (Å²) in [6.45, 7) is 6.18. The molecule has 2 aromatic rings. The van der Waals surface area contributed by atoms with Crippen molar-refractivity contribution in [3.05, 3.63) is 59.5 Å². The molecule has 0 saturated heterocycles. The Morgan fingerprint density at radius 1 is 1.12 bits per heavy atom. The molecule has 0 atom stereocenters. The molecule has 7 heteroatoms. The minimum absolute atomic E-state index is 0. The van der Waals surface area contributed by atoms with E-state index in [1.54, 1.807) is 18.3 Å². The van der Waals surface area contributed by atoms with Gasteiger partial charge in [-0.15, -0.1) is 24.0 Å². The van der Waals surface area contributed by atoms with Crippen molar-refractivity contribution in [2.45, 2.75) is 33.4 Å². The summed E-state index contributed by atoms with van der Waals surface area (Å²) in [4.78, 5) is 8.81. The van der Waals surface area contributed by atoms with Crippen LogP contribution in [-0.2, 0) is 13.1 Å². The molecule has 0 saturated carbocycles. The zero-order valence-corrected chi connectivity index (χ0v) is 17.5. The van der Waals surface area contributed by atoms with Crippen molar-refractivity contribution >= 4 is 29.9 Å². The molecule has 26 heavy (non-hydrogen) atoms. The van der Waals surface area contributed by atoms with Crippen LogP contribution < -0.4 is 15.4 Å². The summed E-state index contributed by atoms with van der Waals surface area (Å²) >= 11 is 0. The molecule has 142 valence electrons. The first-order valence-corrected chi connectivity index (χ1v) is 8.56. The summed E-state index contributed by atoms with van der Waals surface area (Å²) in [5.74, 6) is 1.00. The van der Waals surface area contributed by atoms with E-state index in [4.69, 9.17) is 4.74 Å². The Morgan fingerprint density at radius 2 is 1.88 bits per heavy atom. The predicted molar refractivity (Wildman–Crippen MR) is 113 cm³/mol. The van der Waals surface area contributed by atoms with Gasteiger partial charge in [-0.3, -0.25) is 0 Å². The summed E-state index contributed by atoms with van der Waals surface area (Å²) in [5, 5.41) is 6.31. The van der Waals surface area contributed by atoms with Gasteiger partial charge < -0.3 is 15.4 Å². The highest BCUT2D eigenvalue weighted by molar-refractivity contribution is 14.0. The lowest BCUT2D eigenvalue weighted by molar-refractivity contribution is 0.302. The van der Waals surface area contributed by atoms with Crippen LogP contribution in [0.5, 0.6) is 5.88 Å². The van der Waals surface area contributed by atoms with Crippen LogP contribution in [0.1, 0.15) is 31.4 Å². The molecule has 5 nitrogen and oxygen atoms in total. The monoisotopic (exact) mass is 472 g/mol. The first-order valence-electron chi connectivity index (χ1n) is 8.56. The fraction of sp³-hybridized carbons (Fsp3) is 0.368. The van der Waals surface area contributed by atoms with Gasteiger partial charge in [-0.1, -0.05) is 31.2 Å². The molecule has 0 radical (unpaired) electrons. The number of rotatable bonds is 8. The number of benzene rings is 1. The van der Waals surface area contributed by atoms with Crippen LogP contribution in [-0.4, -0.2) is 24.1 Å². The lowest BCUT2D eigenvalue weighted by atomic mass is 10.2. The number of guanidine groups is 1. The molecule has 0 amide bonds. The molecule has 2 rings (SSSR count). The lowest BCUT2D eigenvalue weighted by Gasteiger charge is -2.12. The molecule has 0 aliphatic rings. The Bertz CT molecular complexity index is 697. The summed E-state index contributed by atoms with van der Waals surface area (Å²) in [6, 6.07) is 10.5. The average Bonchev–Trinajstić information content (AvgIpc) is 2.64. The zero-order chi connectivity index (χ0) is 17.9. The number of hydrogen-bond donors (Lipinski definition) is 2. The molecule has 1 aromatic carbocycles. The molecular formula is C19H26FIN4O. The third-order valence-electron chi connectivity index (χ3n) is 3.45. The number of aromatic nitrogens is 1. The van der Waals surface area contributed by atoms with Gasteiger partial charge in [0.15, 0.2) is 5.96 Å². The molecule has 1 heterocycles. The van der Waals surface area contributed by atoms with Gasteiger partial charge in [0.2, 0.25) is 5.88 Å². The molecule has 2 N–H and O–H groups in total. The van der Waals surface area contributed by atoms with Crippen LogP contribution >= 0.6 is 24.0 Å². The van der Waals surface area contributed by atoms with E-state index in [2.05, 4.69) is 27.5 Å². The number of pyridine rings is 1. The smallest absolute Gasteiger partial charge is 0.218 e. The highest BCUT2D eigenvalue weighted by Gasteiger charge is 2.06. The van der Waals surface area contributed by atoms with Gasteiger partial charge in [-0.2, -0.15) is 0 Å². The van der Waals surface area contributed by atoms with E-state index in [1.807, 2.05) is 25.1 Å². The quantitative estimate of drug-likeness (QED) is 0.348. The second-order valence-corrected chi connectivity index (χ2v) is 5.46. The molecular weight excluding hydrogens is 446 g/mol. The largest absolute Gasteiger partial charge is 0.477 e. The third kappa shape index (κ3) is 7.15. The summed E-state index contributed by atoms with van der Waals surface area (Å²) < 4.78 is 19.4. The van der Waals surface area contributed by atoms with Crippen molar-refractivity contribution in [2.24, 2.45) is 4.99 Å². The van der Waals surface area contributed by atoms with Crippen LogP contribution in [0.3, 0.4) is 0 Å². The van der Waals surface area contributed by atoms with Crippen LogP contribution in [0.15, 0.2) is 47.6 Å². The molecule has 0 aliphatic heterocycles. The highest BCUT2D eigenvalue weighted by Crippen LogP contribution is 2.15. The van der Waals surface area contributed by atoms with E-state index < -0.39 is 0 Å². The second-order valence-electron chi connectivity index (χ2n) is 5.46. The van der Waals surface area contributed by atoms with Crippen molar-refractivity contribution in [3.8, 4) is 5.88 Å². The third-order valence-corrected chi connectivity index (χ3v) is 3.45. The highest BCUT2D eigenvalue weighted by atomic mass is 127. The van der Waals surface area contributed by atoms with Gasteiger partial charge in [0, 0.05) is 30.4 Å². The maximum Gasteiger partial charge on any atom is 0.218 e. The van der Waals surface area contributed by atoms with E-state index in [0.717, 1.165) is 18.5 Å². The molecule has 0 fully saturated rings. The number of ether oxygens (including phenoxy) is 1. The minimum atomic E-state index is -0.228. The van der Waals surface area contributed by atoms with E-state index >= 15 is 0 Å². The predicted octanol–water partition coefficient (Wildman–Crippen LogP) is 3.88. The van der Waals surface area contributed by atoms with E-state index in [-0.39, 0.29) is 29.8 Å². The topological polar surface area (TPSA) is 58.5 Å². The molecule has 0 aliphatic carbocycles. The van der Waals surface area contributed by atoms with Crippen molar-refractivity contribution in [1.29, 1.82) is 0 Å². The Labute approximate surface area is 171 Å². The fourth-order valence-electron chi connectivity index (χ4n) is 2.20. The van der Waals surface area contributed by atoms with Crippen LogP contribution in [0, 0.1) is 5.82 Å². The summed E-state index contributed by atoms with van der Waals surface area (Å²) in [5.41, 5.74) is 1.51. The van der Waals surface area contributed by atoms with Crippen LogP contribution in [0.2, 0.25) is 0 Å². The van der Waals surface area contributed by atoms with Gasteiger partial charge in [0.25, 0.3) is 0 Å². The van der Waals surface area contributed by atoms with E-state index in [9.17, 15) is 4.39 Å². The summed E-state index contributed by atoms with van der Waals surface area (Å²) in [7, 11) is 0. The number of halogens is 2.